The molecule has 0 amide bonds. The molecule has 2 rings (SSSR count). The van der Waals surface area contributed by atoms with E-state index in [0.717, 1.165) is 13.0 Å². The van der Waals surface area contributed by atoms with Crippen molar-refractivity contribution < 1.29 is 0 Å². The first-order valence-electron chi connectivity index (χ1n) is 6.48. The largest absolute Gasteiger partial charge is 0.348 e. The Hall–Kier alpha value is -1.28. The molecule has 0 aliphatic heterocycles. The summed E-state index contributed by atoms with van der Waals surface area (Å²) < 4.78 is 2.30. The molecular weight excluding hydrogens is 208 g/mol. The van der Waals surface area contributed by atoms with Gasteiger partial charge >= 0.3 is 0 Å². The molecule has 92 valence electrons. The van der Waals surface area contributed by atoms with Gasteiger partial charge in [0.2, 0.25) is 0 Å². The van der Waals surface area contributed by atoms with Crippen molar-refractivity contribution in [2.24, 2.45) is 12.8 Å². The third-order valence-corrected chi connectivity index (χ3v) is 3.66. The van der Waals surface area contributed by atoms with Crippen molar-refractivity contribution in [1.82, 2.24) is 4.57 Å². The van der Waals surface area contributed by atoms with Crippen molar-refractivity contribution in [3.63, 3.8) is 0 Å². The molecular formula is C15H22N2. The Kier molecular flexibility index (Phi) is 3.85. The highest BCUT2D eigenvalue weighted by atomic mass is 14.9. The highest BCUT2D eigenvalue weighted by Gasteiger charge is 2.10. The fourth-order valence-electron chi connectivity index (χ4n) is 2.54. The van der Waals surface area contributed by atoms with E-state index in [1.54, 1.807) is 0 Å². The van der Waals surface area contributed by atoms with Crippen LogP contribution >= 0.6 is 0 Å². The van der Waals surface area contributed by atoms with Crippen molar-refractivity contribution in [1.29, 1.82) is 0 Å². The number of para-hydroxylation sites is 1. The van der Waals surface area contributed by atoms with Crippen LogP contribution in [0.2, 0.25) is 0 Å². The average Bonchev–Trinajstić information content (AvgIpc) is 2.60. The van der Waals surface area contributed by atoms with Gasteiger partial charge < -0.3 is 10.3 Å². The van der Waals surface area contributed by atoms with E-state index in [0.29, 0.717) is 0 Å². The Balaban J connectivity index is 2.24. The third-order valence-electron chi connectivity index (χ3n) is 3.66. The summed E-state index contributed by atoms with van der Waals surface area (Å²) in [4.78, 5) is 0. The normalized spacial score (nSPS) is 11.2. The van der Waals surface area contributed by atoms with Crippen LogP contribution in [0, 0.1) is 6.92 Å². The molecule has 17 heavy (non-hydrogen) atoms. The minimum atomic E-state index is 0.814. The Morgan fingerprint density at radius 1 is 1.12 bits per heavy atom. The van der Waals surface area contributed by atoms with Gasteiger partial charge in [0, 0.05) is 23.6 Å². The zero-order valence-electron chi connectivity index (χ0n) is 10.9. The molecule has 0 saturated carbocycles. The van der Waals surface area contributed by atoms with Crippen molar-refractivity contribution in [3.05, 3.63) is 35.5 Å². The smallest absolute Gasteiger partial charge is 0.0482 e. The minimum absolute atomic E-state index is 0.814. The van der Waals surface area contributed by atoms with E-state index in [4.69, 9.17) is 5.73 Å². The number of hydrogen-bond donors (Lipinski definition) is 1. The highest BCUT2D eigenvalue weighted by Crippen LogP contribution is 2.26. The summed E-state index contributed by atoms with van der Waals surface area (Å²) in [5.74, 6) is 0. The minimum Gasteiger partial charge on any atom is -0.348 e. The van der Waals surface area contributed by atoms with Gasteiger partial charge in [-0.3, -0.25) is 0 Å². The molecule has 2 nitrogen and oxygen atoms in total. The number of nitrogens with zero attached hydrogens (tertiary/aromatic N) is 1. The van der Waals surface area contributed by atoms with Gasteiger partial charge in [-0.1, -0.05) is 24.6 Å². The second kappa shape index (κ2) is 5.37. The Labute approximate surface area is 103 Å². The summed E-state index contributed by atoms with van der Waals surface area (Å²) in [5, 5.41) is 1.42. The number of benzene rings is 1. The van der Waals surface area contributed by atoms with Crippen molar-refractivity contribution in [2.45, 2.75) is 32.6 Å². The number of nitrogens with two attached hydrogens (primary N) is 1. The quantitative estimate of drug-likeness (QED) is 0.786. The monoisotopic (exact) mass is 230 g/mol. The molecule has 1 aromatic heterocycles. The molecule has 0 aliphatic carbocycles. The van der Waals surface area contributed by atoms with Gasteiger partial charge in [0.1, 0.15) is 0 Å². The van der Waals surface area contributed by atoms with Gasteiger partial charge in [-0.2, -0.15) is 0 Å². The topological polar surface area (TPSA) is 30.9 Å². The second-order valence-corrected chi connectivity index (χ2v) is 4.74. The number of aromatic nitrogens is 1. The number of rotatable bonds is 5. The molecule has 0 spiro atoms. The molecule has 0 atom stereocenters. The summed E-state index contributed by atoms with van der Waals surface area (Å²) in [6.07, 6.45) is 4.79. The van der Waals surface area contributed by atoms with Crippen LogP contribution in [0.25, 0.3) is 10.9 Å². The van der Waals surface area contributed by atoms with Gasteiger partial charge in [0.05, 0.1) is 0 Å². The van der Waals surface area contributed by atoms with Crippen LogP contribution < -0.4 is 5.73 Å². The molecule has 2 aromatic rings. The number of aryl methyl sites for hydroxylation is 2. The molecule has 0 saturated heterocycles. The van der Waals surface area contributed by atoms with Gasteiger partial charge in [-0.05, 0) is 44.4 Å². The zero-order chi connectivity index (χ0) is 12.3. The molecule has 2 N–H and O–H groups in total. The average molecular weight is 230 g/mol. The van der Waals surface area contributed by atoms with Crippen LogP contribution in [0.15, 0.2) is 24.3 Å². The van der Waals surface area contributed by atoms with Crippen LogP contribution in [0.3, 0.4) is 0 Å². The van der Waals surface area contributed by atoms with Crippen molar-refractivity contribution in [3.8, 4) is 0 Å². The first kappa shape index (κ1) is 12.2. The van der Waals surface area contributed by atoms with Crippen LogP contribution in [-0.2, 0) is 13.5 Å². The third kappa shape index (κ3) is 2.37. The Morgan fingerprint density at radius 2 is 1.88 bits per heavy atom. The summed E-state index contributed by atoms with van der Waals surface area (Å²) in [6, 6.07) is 8.68. The van der Waals surface area contributed by atoms with E-state index in [2.05, 4.69) is 42.8 Å². The number of fused-ring (bicyclic) bond motifs is 1. The lowest BCUT2D eigenvalue weighted by atomic mass is 10.0. The van der Waals surface area contributed by atoms with E-state index in [1.165, 1.54) is 41.4 Å². The van der Waals surface area contributed by atoms with Crippen molar-refractivity contribution in [2.75, 3.05) is 6.54 Å². The predicted molar refractivity (Wildman–Crippen MR) is 74.3 cm³/mol. The Bertz CT molecular complexity index is 497. The first-order valence-corrected chi connectivity index (χ1v) is 6.48. The SMILES string of the molecule is Cc1c(CCCCCN)c2ccccc2n1C. The first-order chi connectivity index (χ1) is 8.25. The number of hydrogen-bond acceptors (Lipinski definition) is 1. The standard InChI is InChI=1S/C15H22N2/c1-12-13(8-4-3-7-11-16)14-9-5-6-10-15(14)17(12)2/h5-6,9-10H,3-4,7-8,11,16H2,1-2H3. The number of unbranched alkanes of at least 4 members (excludes halogenated alkanes) is 2. The summed E-state index contributed by atoms with van der Waals surface area (Å²) >= 11 is 0. The molecule has 0 fully saturated rings. The maximum Gasteiger partial charge on any atom is 0.0482 e. The van der Waals surface area contributed by atoms with Crippen molar-refractivity contribution >= 4 is 10.9 Å². The van der Waals surface area contributed by atoms with Gasteiger partial charge in [-0.15, -0.1) is 0 Å². The van der Waals surface area contributed by atoms with Gasteiger partial charge in [-0.25, -0.2) is 0 Å². The maximum absolute atomic E-state index is 5.53. The zero-order valence-corrected chi connectivity index (χ0v) is 10.9. The van der Waals surface area contributed by atoms with Crippen LogP contribution in [-0.4, -0.2) is 11.1 Å². The maximum atomic E-state index is 5.53. The fourth-order valence-corrected chi connectivity index (χ4v) is 2.54. The lowest BCUT2D eigenvalue weighted by Gasteiger charge is -2.02. The molecule has 2 heteroatoms. The summed E-state index contributed by atoms with van der Waals surface area (Å²) in [6.45, 7) is 3.03. The molecule has 1 heterocycles. The lowest BCUT2D eigenvalue weighted by Crippen LogP contribution is -1.98. The van der Waals surface area contributed by atoms with Crippen LogP contribution in [0.1, 0.15) is 30.5 Å². The molecule has 0 unspecified atom stereocenters. The van der Waals surface area contributed by atoms with E-state index < -0.39 is 0 Å². The van der Waals surface area contributed by atoms with E-state index in [1.807, 2.05) is 0 Å². The molecule has 1 aromatic carbocycles. The van der Waals surface area contributed by atoms with E-state index in [9.17, 15) is 0 Å². The Morgan fingerprint density at radius 3 is 2.65 bits per heavy atom. The molecule has 0 aliphatic rings. The lowest BCUT2D eigenvalue weighted by molar-refractivity contribution is 0.685. The van der Waals surface area contributed by atoms with Gasteiger partial charge in [0.25, 0.3) is 0 Å². The predicted octanol–water partition coefficient (Wildman–Crippen LogP) is 3.16. The van der Waals surface area contributed by atoms with Crippen LogP contribution in [0.5, 0.6) is 0 Å². The summed E-state index contributed by atoms with van der Waals surface area (Å²) in [7, 11) is 2.15. The second-order valence-electron chi connectivity index (χ2n) is 4.74. The summed E-state index contributed by atoms with van der Waals surface area (Å²) in [5.41, 5.74) is 9.79. The van der Waals surface area contributed by atoms with Gasteiger partial charge in [0.15, 0.2) is 0 Å². The highest BCUT2D eigenvalue weighted by molar-refractivity contribution is 5.85. The van der Waals surface area contributed by atoms with E-state index in [-0.39, 0.29) is 0 Å². The van der Waals surface area contributed by atoms with E-state index >= 15 is 0 Å². The molecule has 0 radical (unpaired) electrons. The molecule has 0 bridgehead atoms. The fraction of sp³-hybridized carbons (Fsp3) is 0.467. The van der Waals surface area contributed by atoms with Crippen LogP contribution in [0.4, 0.5) is 0 Å².